The summed E-state index contributed by atoms with van der Waals surface area (Å²) in [5.41, 5.74) is 4.98. The highest BCUT2D eigenvalue weighted by Gasteiger charge is 2.48. The van der Waals surface area contributed by atoms with Gasteiger partial charge in [-0.3, -0.25) is 4.57 Å². The van der Waals surface area contributed by atoms with Gasteiger partial charge in [-0.2, -0.15) is 4.98 Å². The monoisotopic (exact) mass is 393 g/mol. The Balaban J connectivity index is 2.31. The molecule has 1 fully saturated rings. The van der Waals surface area contributed by atoms with Crippen LogP contribution in [-0.4, -0.2) is 59.2 Å². The van der Waals surface area contributed by atoms with Crippen molar-refractivity contribution in [2.45, 2.75) is 44.5 Å². The highest BCUT2D eigenvalue weighted by Crippen LogP contribution is 2.40. The van der Waals surface area contributed by atoms with Gasteiger partial charge in [0.25, 0.3) is 0 Å². The van der Waals surface area contributed by atoms with Gasteiger partial charge in [0.1, 0.15) is 24.1 Å². The highest BCUT2D eigenvalue weighted by molar-refractivity contribution is 8.09. The Morgan fingerprint density at radius 2 is 2.20 bits per heavy atom. The SMILES string of the molecule is COC1C(OC(C)C)C(COP(C)(O)=S)OC1n1ccc(N)nc1=O. The third kappa shape index (κ3) is 5.30. The van der Waals surface area contributed by atoms with Gasteiger partial charge in [-0.1, -0.05) is 0 Å². The largest absolute Gasteiger partial charge is 0.383 e. The fourth-order valence-electron chi connectivity index (χ4n) is 2.63. The van der Waals surface area contributed by atoms with Gasteiger partial charge in [0, 0.05) is 20.0 Å². The molecule has 1 saturated heterocycles. The van der Waals surface area contributed by atoms with E-state index in [2.05, 4.69) is 4.98 Å². The van der Waals surface area contributed by atoms with Crippen molar-refractivity contribution in [3.8, 4) is 0 Å². The molecule has 142 valence electrons. The van der Waals surface area contributed by atoms with Crippen LogP contribution in [-0.2, 0) is 30.5 Å². The second kappa shape index (κ2) is 8.22. The van der Waals surface area contributed by atoms with Crippen molar-refractivity contribution in [3.05, 3.63) is 22.7 Å². The molecule has 25 heavy (non-hydrogen) atoms. The molecule has 0 aromatic carbocycles. The lowest BCUT2D eigenvalue weighted by Gasteiger charge is -2.25. The molecule has 11 heteroatoms. The third-order valence-electron chi connectivity index (χ3n) is 3.59. The highest BCUT2D eigenvalue weighted by atomic mass is 32.5. The van der Waals surface area contributed by atoms with Crippen LogP contribution in [0.5, 0.6) is 0 Å². The average Bonchev–Trinajstić information content (AvgIpc) is 2.81. The quantitative estimate of drug-likeness (QED) is 0.638. The zero-order chi connectivity index (χ0) is 18.8. The van der Waals surface area contributed by atoms with Crippen LogP contribution >= 0.6 is 6.49 Å². The number of ether oxygens (including phenoxy) is 3. The molecule has 0 saturated carbocycles. The number of nitrogen functional groups attached to an aromatic ring is 1. The first-order valence-electron chi connectivity index (χ1n) is 7.75. The molecule has 2 rings (SSSR count). The van der Waals surface area contributed by atoms with E-state index in [1.54, 1.807) is 0 Å². The summed E-state index contributed by atoms with van der Waals surface area (Å²) < 4.78 is 24.0. The molecule has 1 aliphatic heterocycles. The summed E-state index contributed by atoms with van der Waals surface area (Å²) in [5, 5.41) is 0. The number of nitrogens with two attached hydrogens (primary N) is 1. The molecule has 9 nitrogen and oxygen atoms in total. The molecule has 0 bridgehead atoms. The Morgan fingerprint density at radius 1 is 1.52 bits per heavy atom. The van der Waals surface area contributed by atoms with Crippen molar-refractivity contribution in [3.63, 3.8) is 0 Å². The molecule has 1 aliphatic rings. The van der Waals surface area contributed by atoms with Crippen molar-refractivity contribution in [2.24, 2.45) is 0 Å². The minimum Gasteiger partial charge on any atom is -0.383 e. The van der Waals surface area contributed by atoms with Crippen LogP contribution in [0, 0.1) is 0 Å². The first-order valence-corrected chi connectivity index (χ1v) is 10.9. The Hall–Kier alpha value is -0.870. The zero-order valence-electron chi connectivity index (χ0n) is 14.6. The van der Waals surface area contributed by atoms with Gasteiger partial charge in [-0.15, -0.1) is 0 Å². The van der Waals surface area contributed by atoms with Crippen LogP contribution in [0.15, 0.2) is 17.1 Å². The topological polar surface area (TPSA) is 118 Å². The van der Waals surface area contributed by atoms with Gasteiger partial charge in [-0.25, -0.2) is 4.79 Å². The number of rotatable bonds is 7. The van der Waals surface area contributed by atoms with Gasteiger partial charge in [0.15, 0.2) is 12.7 Å². The number of aromatic nitrogens is 2. The molecule has 0 radical (unpaired) electrons. The molecule has 0 spiro atoms. The number of hydrogen-bond acceptors (Lipinski definition) is 8. The van der Waals surface area contributed by atoms with Gasteiger partial charge in [-0.05, 0) is 31.7 Å². The van der Waals surface area contributed by atoms with E-state index < -0.39 is 36.7 Å². The maximum absolute atomic E-state index is 12.2. The van der Waals surface area contributed by atoms with Crippen LogP contribution in [0.2, 0.25) is 0 Å². The first-order chi connectivity index (χ1) is 11.6. The molecule has 3 N–H and O–H groups in total. The molecular formula is C14H24N3O6PS. The molecule has 2 heterocycles. The lowest BCUT2D eigenvalue weighted by Crippen LogP contribution is -2.40. The van der Waals surface area contributed by atoms with Crippen molar-refractivity contribution in [1.82, 2.24) is 9.55 Å². The maximum atomic E-state index is 12.2. The smallest absolute Gasteiger partial charge is 0.351 e. The van der Waals surface area contributed by atoms with E-state index in [0.29, 0.717) is 0 Å². The predicted molar refractivity (Wildman–Crippen MR) is 96.0 cm³/mol. The molecule has 1 aromatic heterocycles. The van der Waals surface area contributed by atoms with E-state index in [9.17, 15) is 9.69 Å². The average molecular weight is 393 g/mol. The van der Waals surface area contributed by atoms with Crippen molar-refractivity contribution < 1.29 is 23.6 Å². The van der Waals surface area contributed by atoms with Gasteiger partial charge >= 0.3 is 5.69 Å². The Kier molecular flexibility index (Phi) is 6.72. The predicted octanol–water partition coefficient (Wildman–Crippen LogP) is 0.480. The maximum Gasteiger partial charge on any atom is 0.351 e. The Bertz CT molecular complexity index is 693. The lowest BCUT2D eigenvalue weighted by molar-refractivity contribution is -0.0828. The summed E-state index contributed by atoms with van der Waals surface area (Å²) in [6.07, 6.45) is -1.04. The number of anilines is 1. The number of hydrogen-bond donors (Lipinski definition) is 2. The second-order valence-corrected chi connectivity index (χ2v) is 9.95. The van der Waals surface area contributed by atoms with Crippen LogP contribution in [0.4, 0.5) is 5.82 Å². The molecule has 5 unspecified atom stereocenters. The van der Waals surface area contributed by atoms with Crippen LogP contribution in [0.1, 0.15) is 20.1 Å². The fraction of sp³-hybridized carbons (Fsp3) is 0.714. The minimum absolute atomic E-state index is 0.0230. The van der Waals surface area contributed by atoms with E-state index in [1.165, 1.54) is 30.6 Å². The molecule has 1 aromatic rings. The van der Waals surface area contributed by atoms with E-state index in [0.717, 1.165) is 0 Å². The van der Waals surface area contributed by atoms with E-state index in [4.69, 9.17) is 36.3 Å². The summed E-state index contributed by atoms with van der Waals surface area (Å²) in [4.78, 5) is 25.6. The fourth-order valence-corrected chi connectivity index (χ4v) is 3.23. The summed E-state index contributed by atoms with van der Waals surface area (Å²) in [6.45, 7) is 2.38. The number of nitrogens with zero attached hydrogens (tertiary/aromatic N) is 2. The lowest BCUT2D eigenvalue weighted by atomic mass is 10.1. The van der Waals surface area contributed by atoms with Crippen molar-refractivity contribution >= 4 is 24.1 Å². The first kappa shape index (κ1) is 20.4. The molecule has 0 amide bonds. The van der Waals surface area contributed by atoms with E-state index in [-0.39, 0.29) is 18.5 Å². The second-order valence-electron chi connectivity index (χ2n) is 6.06. The van der Waals surface area contributed by atoms with Crippen LogP contribution in [0.25, 0.3) is 0 Å². The summed E-state index contributed by atoms with van der Waals surface area (Å²) in [7, 11) is 1.51. The van der Waals surface area contributed by atoms with E-state index in [1.807, 2.05) is 13.8 Å². The minimum atomic E-state index is -2.86. The molecule has 5 atom stereocenters. The molecular weight excluding hydrogens is 369 g/mol. The molecule has 0 aliphatic carbocycles. The normalized spacial score (nSPS) is 29.0. The van der Waals surface area contributed by atoms with E-state index >= 15 is 0 Å². The summed E-state index contributed by atoms with van der Waals surface area (Å²) in [6, 6.07) is 1.50. The van der Waals surface area contributed by atoms with Crippen LogP contribution < -0.4 is 11.4 Å². The van der Waals surface area contributed by atoms with Crippen molar-refractivity contribution in [1.29, 1.82) is 0 Å². The summed E-state index contributed by atoms with van der Waals surface area (Å²) >= 11 is 4.90. The Morgan fingerprint density at radius 3 is 2.72 bits per heavy atom. The van der Waals surface area contributed by atoms with Crippen molar-refractivity contribution in [2.75, 3.05) is 26.1 Å². The standard InChI is InChI=1S/C14H24N3O6PS/c1-8(2)22-11-9(7-21-24(4,19)25)23-13(12(11)20-3)17-6-5-10(15)16-14(17)18/h5-6,8-9,11-13H,7H2,1-4H3,(H,19,25)(H2,15,16,18). The number of methoxy groups -OCH3 is 1. The van der Waals surface area contributed by atoms with Crippen LogP contribution in [0.3, 0.4) is 0 Å². The summed E-state index contributed by atoms with van der Waals surface area (Å²) in [5.74, 6) is 0.120. The van der Waals surface area contributed by atoms with Gasteiger partial charge < -0.3 is 29.4 Å². The zero-order valence-corrected chi connectivity index (χ0v) is 16.3. The van der Waals surface area contributed by atoms with Gasteiger partial charge in [0.05, 0.1) is 12.7 Å². The third-order valence-corrected chi connectivity index (χ3v) is 4.54. The Labute approximate surface area is 151 Å². The van der Waals surface area contributed by atoms with Gasteiger partial charge in [0.2, 0.25) is 0 Å².